The number of halogens is 2. The summed E-state index contributed by atoms with van der Waals surface area (Å²) in [5.41, 5.74) is 3.64. The normalized spacial score (nSPS) is 25.0. The number of carbonyl (C=O) groups is 3. The topological polar surface area (TPSA) is 60.9 Å². The fourth-order valence-corrected chi connectivity index (χ4v) is 10.1. The van der Waals surface area contributed by atoms with Crippen molar-refractivity contribution in [1.29, 1.82) is 0 Å². The van der Waals surface area contributed by atoms with Crippen LogP contribution in [0, 0.1) is 47.1 Å². The van der Waals surface area contributed by atoms with Gasteiger partial charge in [-0.15, -0.1) is 0 Å². The SMILES string of the molecule is CN(C)C(CCc1ccccc1)C1CCC(C=O)CC1.CN(C)C(c1ccc(F)cc1)C1CCC(C=O)CC1.CN(C)C(c1cccc(F)c1)C1CCC(C=O)CC1. The van der Waals surface area contributed by atoms with Crippen molar-refractivity contribution in [2.45, 2.75) is 108 Å². The molecule has 0 bridgehead atoms. The molecule has 0 amide bonds. The number of aryl methyl sites for hydroxylation is 1. The van der Waals surface area contributed by atoms with Crippen LogP contribution < -0.4 is 0 Å². The number of aldehydes is 3. The van der Waals surface area contributed by atoms with Gasteiger partial charge in [-0.05, 0) is 191 Å². The molecule has 3 aliphatic carbocycles. The number of nitrogens with zero attached hydrogens (tertiary/aromatic N) is 3. The maximum atomic E-state index is 13.4. The third-order valence-electron chi connectivity index (χ3n) is 13.2. The molecular weight excluding hydrogens is 729 g/mol. The van der Waals surface area contributed by atoms with Crippen LogP contribution in [0.25, 0.3) is 0 Å². The van der Waals surface area contributed by atoms with Gasteiger partial charge >= 0.3 is 0 Å². The quantitative estimate of drug-likeness (QED) is 0.151. The van der Waals surface area contributed by atoms with Gasteiger partial charge < -0.3 is 29.1 Å². The predicted molar refractivity (Wildman–Crippen MR) is 232 cm³/mol. The standard InChI is InChI=1S/C18H27NO.2C16H22FNO/c1-19(2)18(13-10-15-6-4-3-5-7-15)17-11-8-16(14-20)9-12-17;1-18(2)16(14-7-9-15(17)10-8-14)13-5-3-12(11-19)4-6-13;1-18(2)16(14-4-3-5-15(17)10-14)13-8-6-12(11-19)7-9-13/h3-7,14,16-18H,8-13H2,1-2H3;7-13,16H,3-6H2,1-2H3;3-5,10-13,16H,6-9H2,1-2H3. The molecule has 3 aliphatic rings. The van der Waals surface area contributed by atoms with E-state index in [1.807, 2.05) is 32.3 Å². The Morgan fingerprint density at radius 3 is 1.36 bits per heavy atom. The molecular formula is C50H71F2N3O3. The number of benzene rings is 3. The van der Waals surface area contributed by atoms with E-state index >= 15 is 0 Å². The number of hydrogen-bond donors (Lipinski definition) is 0. The minimum atomic E-state index is -0.189. The summed E-state index contributed by atoms with van der Waals surface area (Å²) in [6.45, 7) is 0. The Hall–Kier alpha value is -3.59. The highest BCUT2D eigenvalue weighted by Crippen LogP contribution is 2.40. The lowest BCUT2D eigenvalue weighted by Gasteiger charge is -2.36. The average Bonchev–Trinajstić information content (AvgIpc) is 3.23. The zero-order chi connectivity index (χ0) is 42.0. The van der Waals surface area contributed by atoms with E-state index in [9.17, 15) is 23.2 Å². The maximum absolute atomic E-state index is 13.4. The lowest BCUT2D eigenvalue weighted by Crippen LogP contribution is -2.37. The first-order valence-electron chi connectivity index (χ1n) is 21.8. The van der Waals surface area contributed by atoms with E-state index in [4.69, 9.17) is 0 Å². The molecule has 6 rings (SSSR count). The fraction of sp³-hybridized carbons (Fsp3) is 0.580. The van der Waals surface area contributed by atoms with E-state index in [0.717, 1.165) is 101 Å². The Balaban J connectivity index is 0.000000193. The van der Waals surface area contributed by atoms with Gasteiger partial charge in [-0.1, -0.05) is 54.6 Å². The van der Waals surface area contributed by atoms with E-state index in [1.165, 1.54) is 48.6 Å². The van der Waals surface area contributed by atoms with Crippen LogP contribution >= 0.6 is 0 Å². The Bertz CT molecular complexity index is 1610. The molecule has 3 atom stereocenters. The van der Waals surface area contributed by atoms with Gasteiger partial charge in [-0.3, -0.25) is 0 Å². The van der Waals surface area contributed by atoms with Crippen LogP contribution in [-0.4, -0.2) is 81.9 Å². The van der Waals surface area contributed by atoms with E-state index in [1.54, 1.807) is 12.1 Å². The molecule has 0 heterocycles. The highest BCUT2D eigenvalue weighted by Gasteiger charge is 2.32. The molecule has 3 fully saturated rings. The zero-order valence-electron chi connectivity index (χ0n) is 36.2. The second kappa shape index (κ2) is 24.5. The van der Waals surface area contributed by atoms with Crippen molar-refractivity contribution in [3.05, 3.63) is 107 Å². The molecule has 3 aromatic rings. The van der Waals surface area contributed by atoms with Crippen molar-refractivity contribution in [1.82, 2.24) is 14.7 Å². The van der Waals surface area contributed by atoms with E-state index < -0.39 is 0 Å². The van der Waals surface area contributed by atoms with Crippen LogP contribution in [0.2, 0.25) is 0 Å². The van der Waals surface area contributed by atoms with Crippen LogP contribution in [0.4, 0.5) is 8.78 Å². The van der Waals surface area contributed by atoms with Crippen LogP contribution in [-0.2, 0) is 20.8 Å². The van der Waals surface area contributed by atoms with Gasteiger partial charge in [0.1, 0.15) is 30.5 Å². The summed E-state index contributed by atoms with van der Waals surface area (Å²) < 4.78 is 26.4. The van der Waals surface area contributed by atoms with Crippen molar-refractivity contribution in [2.75, 3.05) is 42.3 Å². The second-order valence-electron chi connectivity index (χ2n) is 17.9. The monoisotopic (exact) mass is 800 g/mol. The lowest BCUT2D eigenvalue weighted by atomic mass is 9.77. The predicted octanol–water partition coefficient (Wildman–Crippen LogP) is 10.4. The van der Waals surface area contributed by atoms with Gasteiger partial charge in [0.15, 0.2) is 0 Å². The molecule has 0 aliphatic heterocycles. The number of carbonyl (C=O) groups excluding carboxylic acids is 3. The molecule has 6 nitrogen and oxygen atoms in total. The lowest BCUT2D eigenvalue weighted by molar-refractivity contribution is -0.113. The molecule has 0 saturated heterocycles. The number of rotatable bonds is 14. The van der Waals surface area contributed by atoms with Crippen molar-refractivity contribution in [3.8, 4) is 0 Å². The van der Waals surface area contributed by atoms with Gasteiger partial charge in [0.05, 0.1) is 0 Å². The summed E-state index contributed by atoms with van der Waals surface area (Å²) in [4.78, 5) is 39.3. The highest BCUT2D eigenvalue weighted by atomic mass is 19.1. The summed E-state index contributed by atoms with van der Waals surface area (Å²) in [6, 6.07) is 25.7. The molecule has 58 heavy (non-hydrogen) atoms. The molecule has 0 spiro atoms. The second-order valence-corrected chi connectivity index (χ2v) is 17.9. The Morgan fingerprint density at radius 2 is 0.948 bits per heavy atom. The summed E-state index contributed by atoms with van der Waals surface area (Å²) in [7, 11) is 12.6. The van der Waals surface area contributed by atoms with Crippen LogP contribution in [0.15, 0.2) is 78.9 Å². The van der Waals surface area contributed by atoms with Gasteiger partial charge in [0.2, 0.25) is 0 Å². The smallest absolute Gasteiger partial charge is 0.123 e. The van der Waals surface area contributed by atoms with Crippen molar-refractivity contribution < 1.29 is 23.2 Å². The molecule has 3 saturated carbocycles. The summed E-state index contributed by atoms with van der Waals surface area (Å²) >= 11 is 0. The van der Waals surface area contributed by atoms with Crippen LogP contribution in [0.1, 0.15) is 112 Å². The fourth-order valence-electron chi connectivity index (χ4n) is 10.1. The molecule has 0 aromatic heterocycles. The molecule has 0 N–H and O–H groups in total. The van der Waals surface area contributed by atoms with Crippen molar-refractivity contribution in [3.63, 3.8) is 0 Å². The molecule has 3 aromatic carbocycles. The summed E-state index contributed by atoms with van der Waals surface area (Å²) in [5.74, 6) is 2.24. The first kappa shape index (κ1) is 47.1. The first-order valence-corrected chi connectivity index (χ1v) is 21.8. The largest absolute Gasteiger partial charge is 0.306 e. The molecule has 318 valence electrons. The van der Waals surface area contributed by atoms with Gasteiger partial charge in [-0.25, -0.2) is 8.78 Å². The number of hydrogen-bond acceptors (Lipinski definition) is 6. The third kappa shape index (κ3) is 14.6. The minimum absolute atomic E-state index is 0.175. The Labute approximate surface area is 348 Å². The van der Waals surface area contributed by atoms with Gasteiger partial charge in [0, 0.05) is 35.9 Å². The Morgan fingerprint density at radius 1 is 0.500 bits per heavy atom. The summed E-state index contributed by atoms with van der Waals surface area (Å²) in [6.07, 6.45) is 18.4. The van der Waals surface area contributed by atoms with Crippen LogP contribution in [0.3, 0.4) is 0 Å². The van der Waals surface area contributed by atoms with Crippen molar-refractivity contribution >= 4 is 18.9 Å². The van der Waals surface area contributed by atoms with E-state index in [0.29, 0.717) is 29.8 Å². The van der Waals surface area contributed by atoms with E-state index in [2.05, 4.69) is 73.2 Å². The molecule has 0 radical (unpaired) electrons. The van der Waals surface area contributed by atoms with Gasteiger partial charge in [-0.2, -0.15) is 0 Å². The highest BCUT2D eigenvalue weighted by molar-refractivity contribution is 5.54. The first-order chi connectivity index (χ1) is 27.9. The third-order valence-corrected chi connectivity index (χ3v) is 13.2. The minimum Gasteiger partial charge on any atom is -0.306 e. The average molecular weight is 800 g/mol. The van der Waals surface area contributed by atoms with E-state index in [-0.39, 0.29) is 29.5 Å². The zero-order valence-corrected chi connectivity index (χ0v) is 36.2. The molecule has 8 heteroatoms. The summed E-state index contributed by atoms with van der Waals surface area (Å²) in [5, 5.41) is 0. The van der Waals surface area contributed by atoms with Crippen molar-refractivity contribution in [2.24, 2.45) is 35.5 Å². The Kier molecular flexibility index (Phi) is 19.9. The van der Waals surface area contributed by atoms with Gasteiger partial charge in [0.25, 0.3) is 0 Å². The van der Waals surface area contributed by atoms with Crippen LogP contribution in [0.5, 0.6) is 0 Å². The molecule has 3 unspecified atom stereocenters. The maximum Gasteiger partial charge on any atom is 0.123 e.